The number of ether oxygens (including phenoxy) is 2. The topological polar surface area (TPSA) is 64.6 Å². The molecule has 28 heavy (non-hydrogen) atoms. The molecule has 0 atom stereocenters. The highest BCUT2D eigenvalue weighted by atomic mass is 19.4. The number of nitrogens with one attached hydrogen (secondary N) is 1. The quantitative estimate of drug-likeness (QED) is 0.0901. The summed E-state index contributed by atoms with van der Waals surface area (Å²) in [6, 6.07) is 2.03. The van der Waals surface area contributed by atoms with E-state index in [4.69, 9.17) is 0 Å². The van der Waals surface area contributed by atoms with Crippen LogP contribution >= 0.6 is 0 Å². The van der Waals surface area contributed by atoms with Crippen LogP contribution in [0.1, 0.15) is 17.3 Å². The Hall–Kier alpha value is -3.16. The lowest BCUT2D eigenvalue weighted by atomic mass is 10.0. The van der Waals surface area contributed by atoms with Crippen molar-refractivity contribution in [2.45, 2.75) is 13.1 Å². The fraction of sp³-hybridized carbons (Fsp3) is 0.294. The molecule has 1 N–H and O–H groups in total. The molecule has 0 unspecified atom stereocenters. The van der Waals surface area contributed by atoms with Crippen molar-refractivity contribution in [1.29, 1.82) is 0 Å². The van der Waals surface area contributed by atoms with Crippen LogP contribution in [0.4, 0.5) is 26.3 Å². The SMILES string of the molecule is CCOC(=O)/C(=C\C#CNCC(F)(F)F)C(=O)c1cc(F)c(F)c(OC)c1F. The normalized spacial score (nSPS) is 11.4. The number of halogens is 6. The van der Waals surface area contributed by atoms with Crippen molar-refractivity contribution in [3.05, 3.63) is 40.7 Å². The Bertz CT molecular complexity index is 852. The first-order valence-electron chi connectivity index (χ1n) is 7.47. The summed E-state index contributed by atoms with van der Waals surface area (Å²) < 4.78 is 86.3. The number of hydrogen-bond acceptors (Lipinski definition) is 5. The van der Waals surface area contributed by atoms with Gasteiger partial charge in [0, 0.05) is 12.1 Å². The minimum Gasteiger partial charge on any atom is -0.491 e. The summed E-state index contributed by atoms with van der Waals surface area (Å²) in [5.41, 5.74) is -1.96. The number of methoxy groups -OCH3 is 1. The monoisotopic (exact) mass is 409 g/mol. The molecule has 0 radical (unpaired) electrons. The maximum Gasteiger partial charge on any atom is 0.406 e. The standard InChI is InChI=1S/C17H13F6NO4/c1-3-28-16(26)9(5-4-6-24-8-17(21,22)23)14(25)10-7-11(18)13(20)15(27-2)12(10)19/h5,7,24H,3,8H2,1-2H3/b9-5-. The zero-order valence-corrected chi connectivity index (χ0v) is 14.5. The smallest absolute Gasteiger partial charge is 0.406 e. The molecular weight excluding hydrogens is 396 g/mol. The van der Waals surface area contributed by atoms with Crippen molar-refractivity contribution in [3.8, 4) is 17.7 Å². The molecule has 11 heteroatoms. The predicted molar refractivity (Wildman–Crippen MR) is 83.7 cm³/mol. The number of hydrogen-bond donors (Lipinski definition) is 1. The molecule has 152 valence electrons. The van der Waals surface area contributed by atoms with Gasteiger partial charge in [-0.25, -0.2) is 13.6 Å². The molecule has 0 fully saturated rings. The summed E-state index contributed by atoms with van der Waals surface area (Å²) in [5.74, 6) is -6.84. The molecule has 0 heterocycles. The number of allylic oxidation sites excluding steroid dienone is 1. The fourth-order valence-corrected chi connectivity index (χ4v) is 1.80. The highest BCUT2D eigenvalue weighted by Crippen LogP contribution is 2.28. The second kappa shape index (κ2) is 9.68. The lowest BCUT2D eigenvalue weighted by Crippen LogP contribution is -2.25. The third kappa shape index (κ3) is 5.94. The molecule has 0 saturated carbocycles. The van der Waals surface area contributed by atoms with Crippen LogP contribution in [-0.4, -0.2) is 38.2 Å². The molecular formula is C17H13F6NO4. The van der Waals surface area contributed by atoms with Crippen molar-refractivity contribution in [2.75, 3.05) is 20.3 Å². The van der Waals surface area contributed by atoms with E-state index in [0.717, 1.165) is 7.11 Å². The number of carbonyl (C=O) groups excluding carboxylic acids is 2. The van der Waals surface area contributed by atoms with Gasteiger partial charge in [-0.2, -0.15) is 17.6 Å². The van der Waals surface area contributed by atoms with Gasteiger partial charge in [0.2, 0.25) is 11.6 Å². The first kappa shape index (κ1) is 22.9. The van der Waals surface area contributed by atoms with Crippen LogP contribution in [0.2, 0.25) is 0 Å². The third-order valence-corrected chi connectivity index (χ3v) is 2.97. The Morgan fingerprint density at radius 3 is 2.39 bits per heavy atom. The number of carbonyl (C=O) groups is 2. The van der Waals surface area contributed by atoms with E-state index in [0.29, 0.717) is 6.08 Å². The van der Waals surface area contributed by atoms with E-state index in [1.807, 2.05) is 12.0 Å². The predicted octanol–water partition coefficient (Wildman–Crippen LogP) is 2.90. The van der Waals surface area contributed by atoms with Crippen LogP contribution in [0.25, 0.3) is 0 Å². The molecule has 1 aromatic rings. The summed E-state index contributed by atoms with van der Waals surface area (Å²) in [5, 5.41) is 1.68. The van der Waals surface area contributed by atoms with Gasteiger partial charge >= 0.3 is 12.1 Å². The van der Waals surface area contributed by atoms with Gasteiger partial charge in [0.15, 0.2) is 17.4 Å². The van der Waals surface area contributed by atoms with Gasteiger partial charge in [0.1, 0.15) is 12.1 Å². The lowest BCUT2D eigenvalue weighted by Gasteiger charge is -2.10. The summed E-state index contributed by atoms with van der Waals surface area (Å²) in [6.45, 7) is -0.282. The average Bonchev–Trinajstić information content (AvgIpc) is 2.60. The van der Waals surface area contributed by atoms with Crippen molar-refractivity contribution < 1.29 is 45.4 Å². The van der Waals surface area contributed by atoms with E-state index in [9.17, 15) is 35.9 Å². The highest BCUT2D eigenvalue weighted by Gasteiger charge is 2.29. The number of Topliss-reactive ketones (excluding diaryl/α,β-unsaturated/α-hetero) is 1. The van der Waals surface area contributed by atoms with Crippen LogP contribution in [0.15, 0.2) is 17.7 Å². The Kier molecular flexibility index (Phi) is 7.91. The molecule has 0 aromatic heterocycles. The number of benzene rings is 1. The van der Waals surface area contributed by atoms with E-state index in [-0.39, 0.29) is 12.7 Å². The molecule has 1 rings (SSSR count). The van der Waals surface area contributed by atoms with Gasteiger partial charge in [0.05, 0.1) is 19.3 Å². The summed E-state index contributed by atoms with van der Waals surface area (Å²) in [4.78, 5) is 24.3. The molecule has 0 amide bonds. The summed E-state index contributed by atoms with van der Waals surface area (Å²) in [7, 11) is 0.828. The Morgan fingerprint density at radius 2 is 1.86 bits per heavy atom. The highest BCUT2D eigenvalue weighted by molar-refractivity contribution is 6.24. The van der Waals surface area contributed by atoms with Crippen LogP contribution in [0.3, 0.4) is 0 Å². The minimum atomic E-state index is -4.55. The van der Waals surface area contributed by atoms with Gasteiger partial charge in [0.25, 0.3) is 0 Å². The molecule has 0 aliphatic heterocycles. The van der Waals surface area contributed by atoms with Gasteiger partial charge in [-0.1, -0.05) is 5.92 Å². The molecule has 0 spiro atoms. The third-order valence-electron chi connectivity index (χ3n) is 2.97. The fourth-order valence-electron chi connectivity index (χ4n) is 1.80. The van der Waals surface area contributed by atoms with E-state index >= 15 is 0 Å². The van der Waals surface area contributed by atoms with Crippen LogP contribution in [-0.2, 0) is 9.53 Å². The maximum atomic E-state index is 14.2. The Labute approximate surface area is 155 Å². The van der Waals surface area contributed by atoms with Gasteiger partial charge in [-0.15, -0.1) is 0 Å². The Balaban J connectivity index is 3.31. The Morgan fingerprint density at radius 1 is 1.21 bits per heavy atom. The molecule has 0 aliphatic rings. The van der Waals surface area contributed by atoms with Crippen molar-refractivity contribution >= 4 is 11.8 Å². The maximum absolute atomic E-state index is 14.2. The van der Waals surface area contributed by atoms with Crippen molar-refractivity contribution in [2.24, 2.45) is 0 Å². The minimum absolute atomic E-state index is 0.202. The summed E-state index contributed by atoms with van der Waals surface area (Å²) >= 11 is 0. The number of alkyl halides is 3. The van der Waals surface area contributed by atoms with Crippen molar-refractivity contribution in [3.63, 3.8) is 0 Å². The molecule has 5 nitrogen and oxygen atoms in total. The van der Waals surface area contributed by atoms with E-state index in [1.54, 1.807) is 5.32 Å². The first-order valence-corrected chi connectivity index (χ1v) is 7.47. The van der Waals surface area contributed by atoms with E-state index in [2.05, 4.69) is 9.47 Å². The molecule has 0 saturated heterocycles. The van der Waals surface area contributed by atoms with Crippen LogP contribution in [0.5, 0.6) is 5.75 Å². The number of esters is 1. The van der Waals surface area contributed by atoms with Gasteiger partial charge in [-0.05, 0) is 13.0 Å². The van der Waals surface area contributed by atoms with E-state index < -0.39 is 58.8 Å². The molecule has 0 bridgehead atoms. The molecule has 0 aliphatic carbocycles. The number of rotatable bonds is 6. The average molecular weight is 409 g/mol. The van der Waals surface area contributed by atoms with Gasteiger partial charge < -0.3 is 14.8 Å². The second-order valence-corrected chi connectivity index (χ2v) is 4.91. The zero-order valence-electron chi connectivity index (χ0n) is 14.5. The lowest BCUT2D eigenvalue weighted by molar-refractivity contribution is -0.138. The molecule has 1 aromatic carbocycles. The van der Waals surface area contributed by atoms with Gasteiger partial charge in [-0.3, -0.25) is 4.79 Å². The largest absolute Gasteiger partial charge is 0.491 e. The van der Waals surface area contributed by atoms with E-state index in [1.165, 1.54) is 6.92 Å². The second-order valence-electron chi connectivity index (χ2n) is 4.91. The zero-order chi connectivity index (χ0) is 21.5. The van der Waals surface area contributed by atoms with Crippen molar-refractivity contribution in [1.82, 2.24) is 5.32 Å². The summed E-state index contributed by atoms with van der Waals surface area (Å²) in [6.07, 6.45) is -3.99. The first-order chi connectivity index (χ1) is 13.0. The number of ketones is 1. The van der Waals surface area contributed by atoms with Crippen LogP contribution in [0, 0.1) is 29.4 Å². The van der Waals surface area contributed by atoms with Crippen LogP contribution < -0.4 is 10.1 Å².